The minimum absolute atomic E-state index is 0.0222. The lowest BCUT2D eigenvalue weighted by atomic mass is 9.95. The number of nitrogens with one attached hydrogen (secondary N) is 1. The zero-order valence-corrected chi connectivity index (χ0v) is 21.6. The Labute approximate surface area is 210 Å². The Bertz CT molecular complexity index is 967. The molecule has 1 aliphatic carbocycles. The molecule has 1 N–H and O–H groups in total. The highest BCUT2D eigenvalue weighted by atomic mass is 16.5. The molecule has 0 heterocycles. The van der Waals surface area contributed by atoms with E-state index in [9.17, 15) is 9.59 Å². The molecule has 1 aliphatic rings. The Kier molecular flexibility index (Phi) is 10.0. The molecule has 0 aromatic heterocycles. The molecule has 0 spiro atoms. The molecule has 2 aromatic rings. The molecule has 0 aliphatic heterocycles. The summed E-state index contributed by atoms with van der Waals surface area (Å²) in [7, 11) is 3.21. The summed E-state index contributed by atoms with van der Waals surface area (Å²) in [6.45, 7) is 4.44. The summed E-state index contributed by atoms with van der Waals surface area (Å²) in [5.74, 6) is 1.25. The molecule has 1 fully saturated rings. The van der Waals surface area contributed by atoms with Crippen molar-refractivity contribution in [3.63, 3.8) is 0 Å². The molecule has 6 heteroatoms. The van der Waals surface area contributed by atoms with Crippen LogP contribution in [-0.2, 0) is 22.6 Å². The lowest BCUT2D eigenvalue weighted by Gasteiger charge is -2.33. The highest BCUT2D eigenvalue weighted by Gasteiger charge is 2.30. The van der Waals surface area contributed by atoms with E-state index in [1.54, 1.807) is 19.1 Å². The molecule has 3 rings (SSSR count). The van der Waals surface area contributed by atoms with Gasteiger partial charge in [0.15, 0.2) is 11.5 Å². The fourth-order valence-corrected chi connectivity index (χ4v) is 4.79. The van der Waals surface area contributed by atoms with Gasteiger partial charge in [-0.05, 0) is 55.9 Å². The predicted molar refractivity (Wildman–Crippen MR) is 139 cm³/mol. The fourth-order valence-electron chi connectivity index (χ4n) is 4.79. The van der Waals surface area contributed by atoms with Crippen LogP contribution < -0.4 is 14.8 Å². The first-order valence-corrected chi connectivity index (χ1v) is 12.8. The first kappa shape index (κ1) is 26.6. The summed E-state index contributed by atoms with van der Waals surface area (Å²) in [5.41, 5.74) is 3.19. The lowest BCUT2D eigenvalue weighted by molar-refractivity contribution is -0.141. The lowest BCUT2D eigenvalue weighted by Crippen LogP contribution is -2.51. The molecule has 1 saturated carbocycles. The summed E-state index contributed by atoms with van der Waals surface area (Å²) < 4.78 is 10.7. The van der Waals surface area contributed by atoms with Gasteiger partial charge in [0.1, 0.15) is 6.04 Å². The monoisotopic (exact) mass is 480 g/mol. The zero-order chi connectivity index (χ0) is 25.2. The molecule has 1 atom stereocenters. The van der Waals surface area contributed by atoms with Gasteiger partial charge in [-0.1, -0.05) is 62.1 Å². The van der Waals surface area contributed by atoms with Crippen LogP contribution >= 0.6 is 0 Å². The van der Waals surface area contributed by atoms with E-state index in [0.717, 1.165) is 36.8 Å². The van der Waals surface area contributed by atoms with Crippen LogP contribution in [0.25, 0.3) is 0 Å². The second-order valence-electron chi connectivity index (χ2n) is 9.46. The van der Waals surface area contributed by atoms with Gasteiger partial charge in [0.05, 0.1) is 14.2 Å². The van der Waals surface area contributed by atoms with Crippen molar-refractivity contribution in [2.24, 2.45) is 0 Å². The Balaban J connectivity index is 1.76. The van der Waals surface area contributed by atoms with Crippen LogP contribution in [0.3, 0.4) is 0 Å². The average molecular weight is 481 g/mol. The normalized spacial score (nSPS) is 14.7. The van der Waals surface area contributed by atoms with Crippen molar-refractivity contribution < 1.29 is 19.1 Å². The van der Waals surface area contributed by atoms with Crippen molar-refractivity contribution in [3.05, 3.63) is 59.2 Å². The molecular formula is C29H40N2O4. The van der Waals surface area contributed by atoms with Crippen molar-refractivity contribution >= 4 is 11.8 Å². The number of amides is 2. The first-order valence-electron chi connectivity index (χ1n) is 12.8. The second-order valence-corrected chi connectivity index (χ2v) is 9.46. The number of hydrogen-bond acceptors (Lipinski definition) is 4. The number of nitrogens with zero attached hydrogens (tertiary/aromatic N) is 1. The molecule has 0 bridgehead atoms. The van der Waals surface area contributed by atoms with E-state index < -0.39 is 6.04 Å². The third-order valence-electron chi connectivity index (χ3n) is 6.89. The molecular weight excluding hydrogens is 440 g/mol. The van der Waals surface area contributed by atoms with Crippen LogP contribution in [0, 0.1) is 6.92 Å². The van der Waals surface area contributed by atoms with E-state index in [1.165, 1.54) is 12.0 Å². The maximum Gasteiger partial charge on any atom is 0.243 e. The minimum atomic E-state index is -0.490. The average Bonchev–Trinajstić information content (AvgIpc) is 2.88. The van der Waals surface area contributed by atoms with E-state index in [0.29, 0.717) is 37.3 Å². The van der Waals surface area contributed by atoms with Gasteiger partial charge in [-0.25, -0.2) is 0 Å². The van der Waals surface area contributed by atoms with Gasteiger partial charge in [0, 0.05) is 19.0 Å². The number of methoxy groups -OCH3 is 2. The Morgan fingerprint density at radius 3 is 2.26 bits per heavy atom. The smallest absolute Gasteiger partial charge is 0.243 e. The first-order chi connectivity index (χ1) is 16.9. The minimum Gasteiger partial charge on any atom is -0.493 e. The quantitative estimate of drug-likeness (QED) is 0.480. The number of benzene rings is 2. The van der Waals surface area contributed by atoms with Crippen LogP contribution in [0.5, 0.6) is 11.5 Å². The van der Waals surface area contributed by atoms with Crippen molar-refractivity contribution in [1.82, 2.24) is 10.2 Å². The second kappa shape index (κ2) is 13.2. The van der Waals surface area contributed by atoms with E-state index in [1.807, 2.05) is 56.3 Å². The molecule has 0 saturated heterocycles. The number of carbonyl (C=O) groups excluding carboxylic acids is 2. The summed E-state index contributed by atoms with van der Waals surface area (Å²) in [6.07, 6.45) is 7.03. The number of hydrogen-bond donors (Lipinski definition) is 1. The van der Waals surface area contributed by atoms with E-state index in [2.05, 4.69) is 5.32 Å². The fraction of sp³-hybridized carbons (Fsp3) is 0.517. The van der Waals surface area contributed by atoms with Gasteiger partial charge in [0.25, 0.3) is 0 Å². The van der Waals surface area contributed by atoms with Crippen LogP contribution in [0.2, 0.25) is 0 Å². The summed E-state index contributed by atoms with van der Waals surface area (Å²) in [5, 5.41) is 3.24. The van der Waals surface area contributed by atoms with Gasteiger partial charge < -0.3 is 19.7 Å². The summed E-state index contributed by atoms with van der Waals surface area (Å²) >= 11 is 0. The Hall–Kier alpha value is -3.02. The molecule has 35 heavy (non-hydrogen) atoms. The number of ether oxygens (including phenoxy) is 2. The molecule has 0 radical (unpaired) electrons. The Morgan fingerprint density at radius 2 is 1.63 bits per heavy atom. The topological polar surface area (TPSA) is 67.9 Å². The highest BCUT2D eigenvalue weighted by molar-refractivity contribution is 5.88. The molecule has 6 nitrogen and oxygen atoms in total. The predicted octanol–water partition coefficient (Wildman–Crippen LogP) is 5.20. The van der Waals surface area contributed by atoms with E-state index in [4.69, 9.17) is 9.47 Å². The number of aryl methyl sites for hydroxylation is 2. The number of carbonyl (C=O) groups is 2. The van der Waals surface area contributed by atoms with Crippen LogP contribution in [0.1, 0.15) is 68.6 Å². The van der Waals surface area contributed by atoms with Gasteiger partial charge >= 0.3 is 0 Å². The van der Waals surface area contributed by atoms with Gasteiger partial charge in [-0.15, -0.1) is 0 Å². The van der Waals surface area contributed by atoms with Crippen molar-refractivity contribution in [1.29, 1.82) is 0 Å². The van der Waals surface area contributed by atoms with Gasteiger partial charge in [0.2, 0.25) is 11.8 Å². The van der Waals surface area contributed by atoms with Crippen molar-refractivity contribution in [3.8, 4) is 11.5 Å². The molecule has 1 unspecified atom stereocenters. The maximum absolute atomic E-state index is 13.6. The number of rotatable bonds is 11. The third-order valence-corrected chi connectivity index (χ3v) is 6.89. The summed E-state index contributed by atoms with van der Waals surface area (Å²) in [6, 6.07) is 13.6. The zero-order valence-electron chi connectivity index (χ0n) is 21.6. The van der Waals surface area contributed by atoms with Gasteiger partial charge in [-0.2, -0.15) is 0 Å². The summed E-state index contributed by atoms with van der Waals surface area (Å²) in [4.78, 5) is 28.6. The highest BCUT2D eigenvalue weighted by Crippen LogP contribution is 2.28. The van der Waals surface area contributed by atoms with Crippen LogP contribution in [0.4, 0.5) is 0 Å². The Morgan fingerprint density at radius 1 is 0.971 bits per heavy atom. The largest absolute Gasteiger partial charge is 0.493 e. The molecule has 190 valence electrons. The standard InChI is InChI=1S/C29H40N2O4/c1-5-25(29(33)30-24-9-7-6-8-10-24)31(20-23-13-11-21(2)12-14-23)28(32)18-16-22-15-17-26(34-3)27(19-22)35-4/h11-15,17,19,24-25H,5-10,16,18,20H2,1-4H3,(H,30,33). The van der Waals surface area contributed by atoms with Crippen molar-refractivity contribution in [2.45, 2.75) is 83.8 Å². The maximum atomic E-state index is 13.6. The molecule has 2 aromatic carbocycles. The van der Waals surface area contributed by atoms with Crippen LogP contribution in [-0.4, -0.2) is 43.0 Å². The van der Waals surface area contributed by atoms with E-state index >= 15 is 0 Å². The SMILES string of the molecule is CCC(C(=O)NC1CCCCC1)N(Cc1ccc(C)cc1)C(=O)CCc1ccc(OC)c(OC)c1. The molecule has 2 amide bonds. The third kappa shape index (κ3) is 7.48. The van der Waals surface area contributed by atoms with Crippen LogP contribution in [0.15, 0.2) is 42.5 Å². The van der Waals surface area contributed by atoms with Crippen molar-refractivity contribution in [2.75, 3.05) is 14.2 Å². The van der Waals surface area contributed by atoms with Gasteiger partial charge in [-0.3, -0.25) is 9.59 Å². The van der Waals surface area contributed by atoms with E-state index in [-0.39, 0.29) is 17.9 Å².